The molecule has 2 amide bonds. The molecule has 0 saturated heterocycles. The zero-order valence-electron chi connectivity index (χ0n) is 15.2. The number of carbonyl (C=O) groups excluding carboxylic acids is 3. The monoisotopic (exact) mass is 348 g/mol. The van der Waals surface area contributed by atoms with E-state index >= 15 is 0 Å². The van der Waals surface area contributed by atoms with Crippen molar-refractivity contribution in [2.45, 2.75) is 46.5 Å². The van der Waals surface area contributed by atoms with E-state index in [4.69, 9.17) is 5.84 Å². The van der Waals surface area contributed by atoms with E-state index < -0.39 is 5.91 Å². The van der Waals surface area contributed by atoms with Crippen LogP contribution in [-0.4, -0.2) is 35.7 Å². The minimum absolute atomic E-state index is 0.143. The Balaban J connectivity index is 3.23. The quantitative estimate of drug-likeness (QED) is 0.197. The summed E-state index contributed by atoms with van der Waals surface area (Å²) in [4.78, 5) is 37.1. The van der Waals surface area contributed by atoms with Gasteiger partial charge in [0, 0.05) is 30.6 Å². The SMILES string of the molecule is CCCCCC(=O)c1cc(C(=O)NN)ccc1C(=O)N(CC)NCC. The number of amides is 2. The second kappa shape index (κ2) is 10.6. The molecule has 0 unspecified atom stereocenters. The van der Waals surface area contributed by atoms with Crippen molar-refractivity contribution in [1.82, 2.24) is 15.9 Å². The number of benzene rings is 1. The normalized spacial score (nSPS) is 10.4. The molecule has 0 radical (unpaired) electrons. The molecule has 4 N–H and O–H groups in total. The summed E-state index contributed by atoms with van der Waals surface area (Å²) in [6.07, 6.45) is 3.03. The fourth-order valence-electron chi connectivity index (χ4n) is 2.52. The van der Waals surface area contributed by atoms with Crippen LogP contribution in [0.15, 0.2) is 18.2 Å². The van der Waals surface area contributed by atoms with Crippen molar-refractivity contribution in [3.05, 3.63) is 34.9 Å². The van der Waals surface area contributed by atoms with Gasteiger partial charge in [-0.05, 0) is 31.5 Å². The zero-order chi connectivity index (χ0) is 18.8. The first-order valence-corrected chi connectivity index (χ1v) is 8.73. The van der Waals surface area contributed by atoms with Gasteiger partial charge in [-0.25, -0.2) is 11.3 Å². The number of hydrazine groups is 2. The van der Waals surface area contributed by atoms with E-state index in [2.05, 4.69) is 12.3 Å². The molecule has 0 saturated carbocycles. The smallest absolute Gasteiger partial charge is 0.268 e. The van der Waals surface area contributed by atoms with Gasteiger partial charge in [-0.15, -0.1) is 0 Å². The summed E-state index contributed by atoms with van der Waals surface area (Å²) in [6, 6.07) is 4.46. The standard InChI is InChI=1S/C18H28N4O3/c1-4-7-8-9-16(23)15-12-13(17(24)21-19)10-11-14(15)18(25)22(6-3)20-5-2/h10-12,20H,4-9,19H2,1-3H3,(H,21,24). The number of hydrogen-bond acceptors (Lipinski definition) is 5. The van der Waals surface area contributed by atoms with Crippen molar-refractivity contribution in [2.24, 2.45) is 5.84 Å². The van der Waals surface area contributed by atoms with Crippen LogP contribution in [0.1, 0.15) is 77.5 Å². The van der Waals surface area contributed by atoms with E-state index in [9.17, 15) is 14.4 Å². The van der Waals surface area contributed by atoms with Crippen molar-refractivity contribution in [3.8, 4) is 0 Å². The summed E-state index contributed by atoms with van der Waals surface area (Å²) in [5.41, 5.74) is 5.82. The number of Topliss-reactive ketones (excluding diaryl/α,β-unsaturated/α-hetero) is 1. The van der Waals surface area contributed by atoms with E-state index in [1.54, 1.807) is 0 Å². The van der Waals surface area contributed by atoms with Gasteiger partial charge in [0.05, 0.1) is 5.56 Å². The minimum Gasteiger partial charge on any atom is -0.294 e. The summed E-state index contributed by atoms with van der Waals surface area (Å²) < 4.78 is 0. The molecule has 0 aliphatic rings. The molecule has 7 heteroatoms. The Bertz CT molecular complexity index is 616. The van der Waals surface area contributed by atoms with Gasteiger partial charge in [-0.3, -0.25) is 24.8 Å². The number of carbonyl (C=O) groups is 3. The Kier molecular flexibility index (Phi) is 8.80. The molecule has 0 atom stereocenters. The highest BCUT2D eigenvalue weighted by molar-refractivity contribution is 6.09. The summed E-state index contributed by atoms with van der Waals surface area (Å²) in [5, 5.41) is 1.46. The molecule has 0 aliphatic heterocycles. The average molecular weight is 348 g/mol. The lowest BCUT2D eigenvalue weighted by molar-refractivity contribution is 0.0671. The fraction of sp³-hybridized carbons (Fsp3) is 0.500. The van der Waals surface area contributed by atoms with E-state index in [1.165, 1.54) is 23.2 Å². The van der Waals surface area contributed by atoms with Gasteiger partial charge in [-0.2, -0.15) is 0 Å². The predicted octanol–water partition coefficient (Wildman–Crippen LogP) is 2.04. The van der Waals surface area contributed by atoms with E-state index in [0.29, 0.717) is 19.5 Å². The summed E-state index contributed by atoms with van der Waals surface area (Å²) >= 11 is 0. The van der Waals surface area contributed by atoms with Crippen molar-refractivity contribution in [3.63, 3.8) is 0 Å². The van der Waals surface area contributed by atoms with Crippen molar-refractivity contribution < 1.29 is 14.4 Å². The highest BCUT2D eigenvalue weighted by Crippen LogP contribution is 2.18. The number of hydrogen-bond donors (Lipinski definition) is 3. The Morgan fingerprint density at radius 3 is 2.36 bits per heavy atom. The third-order valence-corrected chi connectivity index (χ3v) is 3.86. The number of rotatable bonds is 10. The van der Waals surface area contributed by atoms with Crippen LogP contribution >= 0.6 is 0 Å². The van der Waals surface area contributed by atoms with Crippen molar-refractivity contribution in [2.75, 3.05) is 13.1 Å². The molecule has 1 aromatic rings. The van der Waals surface area contributed by atoms with Crippen LogP contribution in [0.5, 0.6) is 0 Å². The number of nitrogens with zero attached hydrogens (tertiary/aromatic N) is 1. The summed E-state index contributed by atoms with van der Waals surface area (Å²) in [6.45, 7) is 6.84. The topological polar surface area (TPSA) is 105 Å². The van der Waals surface area contributed by atoms with Crippen LogP contribution < -0.4 is 16.7 Å². The first-order valence-electron chi connectivity index (χ1n) is 8.73. The van der Waals surface area contributed by atoms with Crippen LogP contribution in [-0.2, 0) is 0 Å². The largest absolute Gasteiger partial charge is 0.294 e. The molecule has 138 valence electrons. The summed E-state index contributed by atoms with van der Waals surface area (Å²) in [5.74, 6) is 4.24. The number of nitrogen functional groups attached to an aromatic ring is 1. The van der Waals surface area contributed by atoms with Gasteiger partial charge in [0.2, 0.25) is 0 Å². The van der Waals surface area contributed by atoms with Gasteiger partial charge in [0.15, 0.2) is 5.78 Å². The molecule has 7 nitrogen and oxygen atoms in total. The molecule has 1 rings (SSSR count). The van der Waals surface area contributed by atoms with Gasteiger partial charge in [0.1, 0.15) is 0 Å². The zero-order valence-corrected chi connectivity index (χ0v) is 15.2. The van der Waals surface area contributed by atoms with Crippen LogP contribution in [0.25, 0.3) is 0 Å². The van der Waals surface area contributed by atoms with Gasteiger partial charge < -0.3 is 0 Å². The lowest BCUT2D eigenvalue weighted by Gasteiger charge is -2.22. The fourth-order valence-corrected chi connectivity index (χ4v) is 2.52. The van der Waals surface area contributed by atoms with E-state index in [1.807, 2.05) is 19.3 Å². The third kappa shape index (κ3) is 5.65. The highest BCUT2D eigenvalue weighted by atomic mass is 16.2. The predicted molar refractivity (Wildman–Crippen MR) is 97.0 cm³/mol. The number of ketones is 1. The van der Waals surface area contributed by atoms with Gasteiger partial charge in [-0.1, -0.05) is 26.7 Å². The van der Waals surface area contributed by atoms with E-state index in [0.717, 1.165) is 19.3 Å². The maximum Gasteiger partial charge on any atom is 0.268 e. The average Bonchev–Trinajstić information content (AvgIpc) is 2.64. The number of nitrogens with two attached hydrogens (primary N) is 1. The maximum atomic E-state index is 12.8. The first kappa shape index (κ1) is 20.8. The van der Waals surface area contributed by atoms with Crippen molar-refractivity contribution >= 4 is 17.6 Å². The van der Waals surface area contributed by atoms with Crippen LogP contribution in [0.3, 0.4) is 0 Å². The second-order valence-electron chi connectivity index (χ2n) is 5.68. The Hall–Kier alpha value is -2.25. The second-order valence-corrected chi connectivity index (χ2v) is 5.68. The Morgan fingerprint density at radius 2 is 1.80 bits per heavy atom. The molecule has 25 heavy (non-hydrogen) atoms. The summed E-state index contributed by atoms with van der Waals surface area (Å²) in [7, 11) is 0. The Morgan fingerprint density at radius 1 is 1.08 bits per heavy atom. The molecule has 0 aromatic heterocycles. The molecule has 0 heterocycles. The lowest BCUT2D eigenvalue weighted by Crippen LogP contribution is -2.43. The van der Waals surface area contributed by atoms with Crippen LogP contribution in [0.4, 0.5) is 0 Å². The number of unbranched alkanes of at least 4 members (excludes halogenated alkanes) is 2. The molecule has 0 spiro atoms. The maximum absolute atomic E-state index is 12.8. The molecular weight excluding hydrogens is 320 g/mol. The lowest BCUT2D eigenvalue weighted by atomic mass is 9.96. The van der Waals surface area contributed by atoms with Gasteiger partial charge in [0.25, 0.3) is 11.8 Å². The molecule has 1 aromatic carbocycles. The third-order valence-electron chi connectivity index (χ3n) is 3.86. The van der Waals surface area contributed by atoms with E-state index in [-0.39, 0.29) is 28.4 Å². The Labute approximate surface area is 148 Å². The molecule has 0 bridgehead atoms. The molecule has 0 aliphatic carbocycles. The molecule has 0 fully saturated rings. The van der Waals surface area contributed by atoms with Gasteiger partial charge >= 0.3 is 0 Å². The van der Waals surface area contributed by atoms with Crippen molar-refractivity contribution in [1.29, 1.82) is 0 Å². The number of nitrogens with one attached hydrogen (secondary N) is 2. The minimum atomic E-state index is -0.499. The highest BCUT2D eigenvalue weighted by Gasteiger charge is 2.22. The van der Waals surface area contributed by atoms with Crippen LogP contribution in [0.2, 0.25) is 0 Å². The molecular formula is C18H28N4O3. The van der Waals surface area contributed by atoms with Crippen LogP contribution in [0, 0.1) is 0 Å². The first-order chi connectivity index (χ1) is 12.0.